The summed E-state index contributed by atoms with van der Waals surface area (Å²) in [6, 6.07) is 15.3. The van der Waals surface area contributed by atoms with E-state index in [-0.39, 0.29) is 11.9 Å². The number of hydrogen-bond acceptors (Lipinski definition) is 5. The molecular weight excluding hydrogens is 417 g/mol. The van der Waals surface area contributed by atoms with Crippen LogP contribution in [0, 0.1) is 5.82 Å². The zero-order valence-electron chi connectivity index (χ0n) is 19.2. The molecule has 2 aromatic heterocycles. The third-order valence-electron chi connectivity index (χ3n) is 6.66. The van der Waals surface area contributed by atoms with Crippen molar-refractivity contribution in [1.29, 1.82) is 0 Å². The summed E-state index contributed by atoms with van der Waals surface area (Å²) in [6.07, 6.45) is 5.92. The Hall–Kier alpha value is -3.32. The molecule has 0 unspecified atom stereocenters. The van der Waals surface area contributed by atoms with Crippen molar-refractivity contribution < 1.29 is 9.13 Å². The number of benzene rings is 2. The van der Waals surface area contributed by atoms with Crippen LogP contribution in [-0.4, -0.2) is 51.7 Å². The highest BCUT2D eigenvalue weighted by molar-refractivity contribution is 5.79. The number of imidazole rings is 1. The molecule has 1 aliphatic carbocycles. The lowest BCUT2D eigenvalue weighted by Gasteiger charge is -2.34. The van der Waals surface area contributed by atoms with Crippen molar-refractivity contribution in [3.63, 3.8) is 0 Å². The molecule has 0 amide bonds. The van der Waals surface area contributed by atoms with E-state index in [4.69, 9.17) is 14.7 Å². The maximum Gasteiger partial charge on any atom is 0.164 e. The normalized spacial score (nSPS) is 18.7. The van der Waals surface area contributed by atoms with Crippen LogP contribution in [0.5, 0.6) is 5.75 Å². The highest BCUT2D eigenvalue weighted by Gasteiger charge is 2.28. The van der Waals surface area contributed by atoms with E-state index in [0.717, 1.165) is 42.6 Å². The van der Waals surface area contributed by atoms with Crippen LogP contribution in [0.4, 0.5) is 4.39 Å². The Kier molecular flexibility index (Phi) is 5.81. The van der Waals surface area contributed by atoms with Gasteiger partial charge in [0.1, 0.15) is 22.9 Å². The Morgan fingerprint density at radius 2 is 1.70 bits per heavy atom. The molecule has 7 heteroatoms. The van der Waals surface area contributed by atoms with Crippen LogP contribution in [0.25, 0.3) is 33.9 Å². The van der Waals surface area contributed by atoms with Crippen LogP contribution in [-0.2, 0) is 0 Å². The van der Waals surface area contributed by atoms with Crippen molar-refractivity contribution in [2.75, 3.05) is 21.2 Å². The van der Waals surface area contributed by atoms with Gasteiger partial charge in [-0.1, -0.05) is 12.1 Å². The number of ether oxygens (including phenoxy) is 1. The molecule has 170 valence electrons. The quantitative estimate of drug-likeness (QED) is 0.414. The van der Waals surface area contributed by atoms with E-state index in [1.807, 2.05) is 30.3 Å². The highest BCUT2D eigenvalue weighted by Crippen LogP contribution is 2.37. The summed E-state index contributed by atoms with van der Waals surface area (Å²) < 4.78 is 22.2. The minimum atomic E-state index is -0.278. The Morgan fingerprint density at radius 1 is 0.970 bits per heavy atom. The first kappa shape index (κ1) is 21.5. The molecule has 0 atom stereocenters. The predicted molar refractivity (Wildman–Crippen MR) is 128 cm³/mol. The van der Waals surface area contributed by atoms with Gasteiger partial charge in [0.15, 0.2) is 11.5 Å². The fourth-order valence-corrected chi connectivity index (χ4v) is 4.78. The number of rotatable bonds is 5. The molecule has 6 nitrogen and oxygen atoms in total. The van der Waals surface area contributed by atoms with Crippen LogP contribution < -0.4 is 4.74 Å². The molecule has 2 aromatic carbocycles. The minimum Gasteiger partial charge on any atom is -0.497 e. The highest BCUT2D eigenvalue weighted by atomic mass is 19.1. The van der Waals surface area contributed by atoms with Gasteiger partial charge in [-0.2, -0.15) is 0 Å². The average molecular weight is 446 g/mol. The second kappa shape index (κ2) is 8.90. The number of aromatic nitrogens is 4. The molecular formula is C26H28FN5O. The molecule has 0 radical (unpaired) electrons. The molecule has 0 spiro atoms. The van der Waals surface area contributed by atoms with Crippen LogP contribution in [0.2, 0.25) is 0 Å². The van der Waals surface area contributed by atoms with Gasteiger partial charge in [-0.05, 0) is 76.2 Å². The molecule has 1 aliphatic rings. The van der Waals surface area contributed by atoms with E-state index in [0.29, 0.717) is 28.8 Å². The van der Waals surface area contributed by atoms with Crippen molar-refractivity contribution in [3.8, 4) is 28.5 Å². The lowest BCUT2D eigenvalue weighted by atomic mass is 9.90. The van der Waals surface area contributed by atoms with Crippen molar-refractivity contribution in [1.82, 2.24) is 24.4 Å². The fourth-order valence-electron chi connectivity index (χ4n) is 4.78. The summed E-state index contributed by atoms with van der Waals surface area (Å²) >= 11 is 0. The van der Waals surface area contributed by atoms with E-state index in [1.165, 1.54) is 6.07 Å². The van der Waals surface area contributed by atoms with Gasteiger partial charge in [0, 0.05) is 17.6 Å². The monoisotopic (exact) mass is 445 g/mol. The number of halogens is 1. The Balaban J connectivity index is 1.63. The molecule has 0 saturated heterocycles. The first-order valence-electron chi connectivity index (χ1n) is 11.4. The van der Waals surface area contributed by atoms with E-state index >= 15 is 0 Å². The van der Waals surface area contributed by atoms with Crippen molar-refractivity contribution in [2.45, 2.75) is 37.8 Å². The number of nitrogens with zero attached hydrogens (tertiary/aromatic N) is 5. The molecule has 0 bridgehead atoms. The lowest BCUT2D eigenvalue weighted by molar-refractivity contribution is 0.197. The number of hydrogen-bond donors (Lipinski definition) is 0. The Bertz CT molecular complexity index is 1260. The van der Waals surface area contributed by atoms with Gasteiger partial charge in [0.05, 0.1) is 18.9 Å². The molecule has 1 fully saturated rings. The molecule has 2 heterocycles. The molecule has 33 heavy (non-hydrogen) atoms. The van der Waals surface area contributed by atoms with Crippen molar-refractivity contribution >= 4 is 11.2 Å². The Labute approximate surface area is 193 Å². The van der Waals surface area contributed by atoms with Gasteiger partial charge in [-0.3, -0.25) is 0 Å². The first-order valence-corrected chi connectivity index (χ1v) is 11.4. The molecule has 1 saturated carbocycles. The SMILES string of the molecule is COc1ccc(-c2ncc3nc(-c4ccccc4F)n([C@H]4CC[C@H](N(C)C)CC4)c3n2)cc1. The topological polar surface area (TPSA) is 56.1 Å². The summed E-state index contributed by atoms with van der Waals surface area (Å²) in [4.78, 5) is 16.6. The second-order valence-electron chi connectivity index (χ2n) is 8.84. The van der Waals surface area contributed by atoms with Crippen molar-refractivity contribution in [2.24, 2.45) is 0 Å². The van der Waals surface area contributed by atoms with Gasteiger partial charge >= 0.3 is 0 Å². The standard InChI is InChI=1S/C26H28FN5O/c1-31(2)18-10-12-19(13-11-18)32-25(21-6-4-5-7-22(21)27)29-23-16-28-24(30-26(23)32)17-8-14-20(33-3)15-9-17/h4-9,14-16,18-19H,10-13H2,1-3H3/t18-,19-. The van der Waals surface area contributed by atoms with E-state index in [2.05, 4.69) is 28.5 Å². The maximum atomic E-state index is 14.8. The second-order valence-corrected chi connectivity index (χ2v) is 8.84. The third kappa shape index (κ3) is 4.09. The summed E-state index contributed by atoms with van der Waals surface area (Å²) in [5, 5.41) is 0. The third-order valence-corrected chi connectivity index (χ3v) is 6.66. The van der Waals surface area contributed by atoms with E-state index in [9.17, 15) is 4.39 Å². The number of methoxy groups -OCH3 is 1. The van der Waals surface area contributed by atoms with Crippen molar-refractivity contribution in [3.05, 3.63) is 60.5 Å². The van der Waals surface area contributed by atoms with Crippen LogP contribution in [0.15, 0.2) is 54.7 Å². The lowest BCUT2D eigenvalue weighted by Crippen LogP contribution is -2.33. The largest absolute Gasteiger partial charge is 0.497 e. The van der Waals surface area contributed by atoms with Gasteiger partial charge in [0.2, 0.25) is 0 Å². The van der Waals surface area contributed by atoms with Gasteiger partial charge < -0.3 is 14.2 Å². The fraction of sp³-hybridized carbons (Fsp3) is 0.346. The van der Waals surface area contributed by atoms with Crippen LogP contribution >= 0.6 is 0 Å². The molecule has 0 N–H and O–H groups in total. The maximum absolute atomic E-state index is 14.8. The van der Waals surface area contributed by atoms with E-state index < -0.39 is 0 Å². The summed E-state index contributed by atoms with van der Waals surface area (Å²) in [5.74, 6) is 1.75. The Morgan fingerprint density at radius 3 is 2.36 bits per heavy atom. The van der Waals surface area contributed by atoms with Gasteiger partial charge in [-0.25, -0.2) is 19.3 Å². The van der Waals surface area contributed by atoms with Crippen LogP contribution in [0.3, 0.4) is 0 Å². The number of fused-ring (bicyclic) bond motifs is 1. The smallest absolute Gasteiger partial charge is 0.164 e. The molecule has 0 aliphatic heterocycles. The molecule has 4 aromatic rings. The summed E-state index contributed by atoms with van der Waals surface area (Å²) in [6.45, 7) is 0. The van der Waals surface area contributed by atoms with E-state index in [1.54, 1.807) is 25.4 Å². The van der Waals surface area contributed by atoms with Crippen LogP contribution in [0.1, 0.15) is 31.7 Å². The van der Waals surface area contributed by atoms with Gasteiger partial charge in [-0.15, -0.1) is 0 Å². The first-order chi connectivity index (χ1) is 16.0. The predicted octanol–water partition coefficient (Wildman–Crippen LogP) is 5.35. The zero-order valence-corrected chi connectivity index (χ0v) is 19.2. The van der Waals surface area contributed by atoms with Gasteiger partial charge in [0.25, 0.3) is 0 Å². The minimum absolute atomic E-state index is 0.208. The zero-order chi connectivity index (χ0) is 22.9. The summed E-state index contributed by atoms with van der Waals surface area (Å²) in [7, 11) is 5.92. The summed E-state index contributed by atoms with van der Waals surface area (Å²) in [5.41, 5.74) is 2.83. The average Bonchev–Trinajstić information content (AvgIpc) is 3.23. The molecule has 5 rings (SSSR count).